The molecule has 136 valence electrons. The van der Waals surface area contributed by atoms with Crippen molar-refractivity contribution in [2.75, 3.05) is 18.1 Å². The minimum atomic E-state index is -1.88. The van der Waals surface area contributed by atoms with Crippen molar-refractivity contribution >= 4 is 29.0 Å². The molecule has 0 saturated heterocycles. The van der Waals surface area contributed by atoms with Crippen LogP contribution in [0.1, 0.15) is 24.5 Å². The number of ether oxygens (including phenoxy) is 1. The van der Waals surface area contributed by atoms with E-state index in [4.69, 9.17) is 16.3 Å². The Morgan fingerprint density at radius 3 is 2.69 bits per heavy atom. The van der Waals surface area contributed by atoms with Crippen LogP contribution in [0.25, 0.3) is 0 Å². The highest BCUT2D eigenvalue weighted by Gasteiger charge is 2.51. The maximum absolute atomic E-state index is 12.9. The molecule has 0 saturated carbocycles. The molecule has 3 rings (SSSR count). The number of ketones is 1. The quantitative estimate of drug-likeness (QED) is 0.844. The van der Waals surface area contributed by atoms with Gasteiger partial charge in [-0.15, -0.1) is 0 Å². The zero-order valence-corrected chi connectivity index (χ0v) is 15.4. The number of carbonyl (C=O) groups excluding carboxylic acids is 2. The van der Waals surface area contributed by atoms with Gasteiger partial charge in [0.2, 0.25) is 0 Å². The molecule has 0 aromatic heterocycles. The molecule has 1 amide bonds. The van der Waals surface area contributed by atoms with E-state index in [-0.39, 0.29) is 25.4 Å². The second-order valence-electron chi connectivity index (χ2n) is 6.50. The minimum Gasteiger partial charge on any atom is -0.492 e. The van der Waals surface area contributed by atoms with Gasteiger partial charge in [0, 0.05) is 12.0 Å². The Morgan fingerprint density at radius 1 is 1.27 bits per heavy atom. The Hall–Kier alpha value is -2.37. The minimum absolute atomic E-state index is 0.212. The first-order chi connectivity index (χ1) is 12.3. The zero-order valence-electron chi connectivity index (χ0n) is 14.7. The van der Waals surface area contributed by atoms with E-state index >= 15 is 0 Å². The summed E-state index contributed by atoms with van der Waals surface area (Å²) in [5.41, 5.74) is -0.00411. The number of hydrogen-bond acceptors (Lipinski definition) is 4. The number of rotatable bonds is 6. The number of aryl methyl sites for hydroxylation is 1. The molecule has 26 heavy (non-hydrogen) atoms. The molecule has 1 aliphatic rings. The maximum Gasteiger partial charge on any atom is 0.264 e. The third-order valence-electron chi connectivity index (χ3n) is 4.38. The molecule has 1 N–H and O–H groups in total. The average Bonchev–Trinajstić information content (AvgIpc) is 2.77. The van der Waals surface area contributed by atoms with Crippen LogP contribution in [-0.4, -0.2) is 29.9 Å². The van der Waals surface area contributed by atoms with Crippen LogP contribution in [0.4, 0.5) is 5.69 Å². The summed E-state index contributed by atoms with van der Waals surface area (Å²) in [5.74, 6) is -0.122. The second kappa shape index (κ2) is 7.09. The topological polar surface area (TPSA) is 66.8 Å². The molecule has 2 aromatic carbocycles. The van der Waals surface area contributed by atoms with Gasteiger partial charge in [0.25, 0.3) is 5.91 Å². The van der Waals surface area contributed by atoms with Crippen molar-refractivity contribution in [3.05, 3.63) is 58.6 Å². The molecule has 1 aliphatic heterocycles. The summed E-state index contributed by atoms with van der Waals surface area (Å²) in [6, 6.07) is 12.5. The molecule has 0 aliphatic carbocycles. The normalized spacial score (nSPS) is 18.8. The van der Waals surface area contributed by atoms with Gasteiger partial charge < -0.3 is 14.7 Å². The van der Waals surface area contributed by atoms with Crippen molar-refractivity contribution in [3.8, 4) is 5.75 Å². The number of para-hydroxylation sites is 1. The Kier molecular flexibility index (Phi) is 5.03. The maximum atomic E-state index is 12.9. The molecule has 0 fully saturated rings. The number of aliphatic hydroxyl groups is 1. The lowest BCUT2D eigenvalue weighted by molar-refractivity contribution is -0.141. The molecule has 0 bridgehead atoms. The van der Waals surface area contributed by atoms with Crippen molar-refractivity contribution in [3.63, 3.8) is 0 Å². The predicted molar refractivity (Wildman–Crippen MR) is 99.7 cm³/mol. The van der Waals surface area contributed by atoms with E-state index in [1.54, 1.807) is 18.2 Å². The van der Waals surface area contributed by atoms with Gasteiger partial charge in [-0.2, -0.15) is 0 Å². The fourth-order valence-corrected chi connectivity index (χ4v) is 3.54. The number of anilines is 1. The lowest BCUT2D eigenvalue weighted by atomic mass is 9.90. The van der Waals surface area contributed by atoms with Gasteiger partial charge in [0.15, 0.2) is 5.60 Å². The highest BCUT2D eigenvalue weighted by Crippen LogP contribution is 2.45. The van der Waals surface area contributed by atoms with Crippen molar-refractivity contribution in [2.24, 2.45) is 0 Å². The summed E-state index contributed by atoms with van der Waals surface area (Å²) in [6.45, 7) is 3.76. The molecule has 1 unspecified atom stereocenters. The number of benzene rings is 2. The summed E-state index contributed by atoms with van der Waals surface area (Å²) in [7, 11) is 0. The van der Waals surface area contributed by atoms with Gasteiger partial charge in [-0.25, -0.2) is 0 Å². The van der Waals surface area contributed by atoms with Gasteiger partial charge in [-0.1, -0.05) is 35.9 Å². The van der Waals surface area contributed by atoms with Crippen molar-refractivity contribution in [2.45, 2.75) is 25.9 Å². The van der Waals surface area contributed by atoms with Crippen LogP contribution in [0, 0.1) is 6.92 Å². The molecular weight excluding hydrogens is 354 g/mol. The summed E-state index contributed by atoms with van der Waals surface area (Å²) >= 11 is 6.28. The van der Waals surface area contributed by atoms with Crippen LogP contribution in [0.3, 0.4) is 0 Å². The number of halogens is 1. The van der Waals surface area contributed by atoms with E-state index in [0.29, 0.717) is 22.0 Å². The number of hydrogen-bond donors (Lipinski definition) is 1. The van der Waals surface area contributed by atoms with E-state index in [9.17, 15) is 14.7 Å². The van der Waals surface area contributed by atoms with Crippen LogP contribution in [0.5, 0.6) is 5.75 Å². The average molecular weight is 374 g/mol. The SMILES string of the molecule is CC(=O)CC1(O)C(=O)N(CCOc2cccc(C)c2)c2c(Cl)cccc21. The van der Waals surface area contributed by atoms with Gasteiger partial charge in [-0.3, -0.25) is 9.59 Å². The molecule has 2 aromatic rings. The first-order valence-corrected chi connectivity index (χ1v) is 8.73. The number of nitrogens with zero attached hydrogens (tertiary/aromatic N) is 1. The second-order valence-corrected chi connectivity index (χ2v) is 6.90. The Labute approximate surface area is 157 Å². The lowest BCUT2D eigenvalue weighted by Crippen LogP contribution is -2.43. The van der Waals surface area contributed by atoms with Crippen LogP contribution in [0.2, 0.25) is 5.02 Å². The summed E-state index contributed by atoms with van der Waals surface area (Å²) in [5, 5.41) is 11.3. The van der Waals surface area contributed by atoms with E-state index in [0.717, 1.165) is 5.56 Å². The summed E-state index contributed by atoms with van der Waals surface area (Å²) in [4.78, 5) is 25.9. The van der Waals surface area contributed by atoms with E-state index in [2.05, 4.69) is 0 Å². The number of amides is 1. The number of fused-ring (bicyclic) bond motifs is 1. The van der Waals surface area contributed by atoms with E-state index in [1.807, 2.05) is 31.2 Å². The van der Waals surface area contributed by atoms with Crippen LogP contribution in [0.15, 0.2) is 42.5 Å². The van der Waals surface area contributed by atoms with E-state index in [1.165, 1.54) is 11.8 Å². The zero-order chi connectivity index (χ0) is 18.9. The monoisotopic (exact) mass is 373 g/mol. The Balaban J connectivity index is 1.83. The molecule has 6 heteroatoms. The van der Waals surface area contributed by atoms with Crippen LogP contribution < -0.4 is 9.64 Å². The van der Waals surface area contributed by atoms with Gasteiger partial charge in [0.1, 0.15) is 18.1 Å². The third-order valence-corrected chi connectivity index (χ3v) is 4.68. The Morgan fingerprint density at radius 2 is 2.00 bits per heavy atom. The fourth-order valence-electron chi connectivity index (χ4n) is 3.27. The van der Waals surface area contributed by atoms with E-state index < -0.39 is 11.5 Å². The number of carbonyl (C=O) groups is 2. The van der Waals surface area contributed by atoms with Gasteiger partial charge in [-0.05, 0) is 37.6 Å². The standard InChI is InChI=1S/C20H20ClNO4/c1-13-5-3-6-15(11-13)26-10-9-22-18-16(7-4-8-17(18)21)20(25,19(22)24)12-14(2)23/h3-8,11,25H,9-10,12H2,1-2H3. The lowest BCUT2D eigenvalue weighted by Gasteiger charge is -2.22. The van der Waals surface area contributed by atoms with Crippen molar-refractivity contribution < 1.29 is 19.4 Å². The third kappa shape index (κ3) is 3.32. The molecular formula is C20H20ClNO4. The fraction of sp³-hybridized carbons (Fsp3) is 0.300. The first-order valence-electron chi connectivity index (χ1n) is 8.35. The van der Waals surface area contributed by atoms with Crippen LogP contribution in [-0.2, 0) is 15.2 Å². The summed E-state index contributed by atoms with van der Waals surface area (Å²) < 4.78 is 5.72. The summed E-state index contributed by atoms with van der Waals surface area (Å²) in [6.07, 6.45) is -0.283. The van der Waals surface area contributed by atoms with Gasteiger partial charge >= 0.3 is 0 Å². The highest BCUT2D eigenvalue weighted by atomic mass is 35.5. The largest absolute Gasteiger partial charge is 0.492 e. The molecule has 5 nitrogen and oxygen atoms in total. The van der Waals surface area contributed by atoms with Gasteiger partial charge in [0.05, 0.1) is 17.3 Å². The molecule has 0 radical (unpaired) electrons. The van der Waals surface area contributed by atoms with Crippen molar-refractivity contribution in [1.82, 2.24) is 0 Å². The first kappa shape index (κ1) is 18.4. The molecule has 1 heterocycles. The van der Waals surface area contributed by atoms with Crippen LogP contribution >= 0.6 is 11.6 Å². The smallest absolute Gasteiger partial charge is 0.264 e. The molecule has 0 spiro atoms. The highest BCUT2D eigenvalue weighted by molar-refractivity contribution is 6.35. The van der Waals surface area contributed by atoms with Crippen molar-refractivity contribution in [1.29, 1.82) is 0 Å². The number of Topliss-reactive ketones (excluding diaryl/α,β-unsaturated/α-hetero) is 1. The predicted octanol–water partition coefficient (Wildman–Crippen LogP) is 3.24. The Bertz CT molecular complexity index is 867. The molecule has 1 atom stereocenters.